The molecule has 0 aliphatic rings. The standard InChI is InChI=1S/C20H25BrN6O2/c21-15-3-1-4-16(11-15)26-20-17-12-19(23-13-18(17)24-14-25-20)22-5-2-6-27(7-9-28)8-10-29/h1,3-4,11-14,28-29H,2,5-10H2,(H,22,23)(H,24,25,26). The van der Waals surface area contributed by atoms with Gasteiger partial charge in [-0.15, -0.1) is 0 Å². The number of aromatic nitrogens is 3. The maximum absolute atomic E-state index is 9.08. The van der Waals surface area contributed by atoms with E-state index >= 15 is 0 Å². The maximum atomic E-state index is 9.08. The van der Waals surface area contributed by atoms with Crippen molar-refractivity contribution in [1.82, 2.24) is 19.9 Å². The highest BCUT2D eigenvalue weighted by Gasteiger charge is 2.07. The molecule has 9 heteroatoms. The van der Waals surface area contributed by atoms with Crippen LogP contribution in [0.25, 0.3) is 10.9 Å². The molecule has 0 spiro atoms. The summed E-state index contributed by atoms with van der Waals surface area (Å²) in [5.41, 5.74) is 1.69. The molecule has 0 amide bonds. The van der Waals surface area contributed by atoms with Crippen molar-refractivity contribution < 1.29 is 10.2 Å². The fraction of sp³-hybridized carbons (Fsp3) is 0.350. The zero-order valence-corrected chi connectivity index (χ0v) is 17.6. The molecule has 0 radical (unpaired) electrons. The number of aliphatic hydroxyl groups excluding tert-OH is 2. The van der Waals surface area contributed by atoms with Crippen molar-refractivity contribution in [2.45, 2.75) is 6.42 Å². The summed E-state index contributed by atoms with van der Waals surface area (Å²) in [6, 6.07) is 9.83. The number of hydrogen-bond acceptors (Lipinski definition) is 8. The van der Waals surface area contributed by atoms with Crippen LogP contribution >= 0.6 is 15.9 Å². The van der Waals surface area contributed by atoms with E-state index in [0.29, 0.717) is 13.1 Å². The van der Waals surface area contributed by atoms with Crippen LogP contribution < -0.4 is 10.6 Å². The molecule has 2 aromatic heterocycles. The van der Waals surface area contributed by atoms with E-state index < -0.39 is 0 Å². The Bertz CT molecular complexity index is 920. The molecule has 3 rings (SSSR count). The minimum Gasteiger partial charge on any atom is -0.395 e. The number of nitrogens with one attached hydrogen (secondary N) is 2. The van der Waals surface area contributed by atoms with Crippen molar-refractivity contribution in [1.29, 1.82) is 0 Å². The topological polar surface area (TPSA) is 106 Å². The van der Waals surface area contributed by atoms with Crippen LogP contribution in [0.1, 0.15) is 6.42 Å². The highest BCUT2D eigenvalue weighted by Crippen LogP contribution is 2.25. The van der Waals surface area contributed by atoms with Gasteiger partial charge in [-0.3, -0.25) is 4.90 Å². The Kier molecular flexibility index (Phi) is 8.12. The van der Waals surface area contributed by atoms with Crippen LogP contribution in [0.15, 0.2) is 47.3 Å². The molecule has 0 bridgehead atoms. The van der Waals surface area contributed by atoms with Crippen molar-refractivity contribution in [2.75, 3.05) is 50.0 Å². The molecular weight excluding hydrogens is 436 g/mol. The number of benzene rings is 1. The quantitative estimate of drug-likeness (QED) is 0.323. The number of anilines is 3. The van der Waals surface area contributed by atoms with Crippen molar-refractivity contribution in [3.63, 3.8) is 0 Å². The van der Waals surface area contributed by atoms with E-state index in [4.69, 9.17) is 10.2 Å². The van der Waals surface area contributed by atoms with Crippen LogP contribution in [0.2, 0.25) is 0 Å². The predicted molar refractivity (Wildman–Crippen MR) is 118 cm³/mol. The largest absolute Gasteiger partial charge is 0.395 e. The lowest BCUT2D eigenvalue weighted by Crippen LogP contribution is -2.31. The van der Waals surface area contributed by atoms with Gasteiger partial charge in [-0.05, 0) is 37.2 Å². The Labute approximate surface area is 178 Å². The van der Waals surface area contributed by atoms with E-state index in [1.54, 1.807) is 6.20 Å². The van der Waals surface area contributed by atoms with Gasteiger partial charge in [0.25, 0.3) is 0 Å². The molecule has 8 nitrogen and oxygen atoms in total. The van der Waals surface area contributed by atoms with Gasteiger partial charge in [-0.2, -0.15) is 0 Å². The van der Waals surface area contributed by atoms with Crippen LogP contribution in [0.5, 0.6) is 0 Å². The average molecular weight is 461 g/mol. The molecule has 0 saturated heterocycles. The first-order valence-corrected chi connectivity index (χ1v) is 10.3. The van der Waals surface area contributed by atoms with Crippen LogP contribution in [-0.4, -0.2) is 69.5 Å². The second-order valence-electron chi connectivity index (χ2n) is 6.51. The molecule has 1 aromatic carbocycles. The highest BCUT2D eigenvalue weighted by atomic mass is 79.9. The third-order valence-electron chi connectivity index (χ3n) is 4.40. The molecule has 0 saturated carbocycles. The lowest BCUT2D eigenvalue weighted by molar-refractivity contribution is 0.161. The number of nitrogens with zero attached hydrogens (tertiary/aromatic N) is 4. The molecule has 154 valence electrons. The van der Waals surface area contributed by atoms with Gasteiger partial charge in [0.15, 0.2) is 0 Å². The Morgan fingerprint density at radius 1 is 1.00 bits per heavy atom. The number of halogens is 1. The third kappa shape index (κ3) is 6.33. The number of fused-ring (bicyclic) bond motifs is 1. The summed E-state index contributed by atoms with van der Waals surface area (Å²) in [5.74, 6) is 1.47. The monoisotopic (exact) mass is 460 g/mol. The predicted octanol–water partition coefficient (Wildman–Crippen LogP) is 2.62. The second-order valence-corrected chi connectivity index (χ2v) is 7.43. The van der Waals surface area contributed by atoms with E-state index in [0.717, 1.165) is 52.2 Å². The Balaban J connectivity index is 1.65. The lowest BCUT2D eigenvalue weighted by atomic mass is 10.2. The summed E-state index contributed by atoms with van der Waals surface area (Å²) in [5, 5.41) is 25.7. The van der Waals surface area contributed by atoms with Gasteiger partial charge >= 0.3 is 0 Å². The van der Waals surface area contributed by atoms with Gasteiger partial charge < -0.3 is 20.8 Å². The zero-order chi connectivity index (χ0) is 20.5. The molecule has 0 unspecified atom stereocenters. The summed E-state index contributed by atoms with van der Waals surface area (Å²) < 4.78 is 0.987. The SMILES string of the molecule is OCCN(CCO)CCCNc1cc2c(Nc3cccc(Br)c3)ncnc2cn1. The number of pyridine rings is 1. The van der Waals surface area contributed by atoms with Crippen LogP contribution in [-0.2, 0) is 0 Å². The highest BCUT2D eigenvalue weighted by molar-refractivity contribution is 9.10. The molecule has 0 aliphatic carbocycles. The van der Waals surface area contributed by atoms with Crippen molar-refractivity contribution in [3.8, 4) is 0 Å². The van der Waals surface area contributed by atoms with Gasteiger partial charge in [0, 0.05) is 35.2 Å². The maximum Gasteiger partial charge on any atom is 0.141 e. The summed E-state index contributed by atoms with van der Waals surface area (Å²) in [4.78, 5) is 15.1. The summed E-state index contributed by atoms with van der Waals surface area (Å²) in [7, 11) is 0. The molecule has 2 heterocycles. The van der Waals surface area contributed by atoms with E-state index in [1.165, 1.54) is 6.33 Å². The van der Waals surface area contributed by atoms with Crippen LogP contribution in [0, 0.1) is 0 Å². The van der Waals surface area contributed by atoms with Crippen LogP contribution in [0.4, 0.5) is 17.3 Å². The van der Waals surface area contributed by atoms with E-state index in [9.17, 15) is 0 Å². The smallest absolute Gasteiger partial charge is 0.141 e. The minimum atomic E-state index is 0.0907. The fourth-order valence-corrected chi connectivity index (χ4v) is 3.39. The molecular formula is C20H25BrN6O2. The van der Waals surface area contributed by atoms with E-state index in [1.807, 2.05) is 35.2 Å². The first kappa shape index (κ1) is 21.4. The molecule has 29 heavy (non-hydrogen) atoms. The summed E-state index contributed by atoms with van der Waals surface area (Å²) in [6.07, 6.45) is 4.12. The van der Waals surface area contributed by atoms with Crippen molar-refractivity contribution >= 4 is 44.2 Å². The number of rotatable bonds is 11. The van der Waals surface area contributed by atoms with Gasteiger partial charge in [0.1, 0.15) is 18.0 Å². The first-order chi connectivity index (χ1) is 14.2. The van der Waals surface area contributed by atoms with Gasteiger partial charge in [-0.25, -0.2) is 15.0 Å². The summed E-state index contributed by atoms with van der Waals surface area (Å²) >= 11 is 3.48. The third-order valence-corrected chi connectivity index (χ3v) is 4.89. The normalized spacial score (nSPS) is 11.2. The van der Waals surface area contributed by atoms with Gasteiger partial charge in [-0.1, -0.05) is 22.0 Å². The lowest BCUT2D eigenvalue weighted by Gasteiger charge is -2.20. The first-order valence-electron chi connectivity index (χ1n) is 9.51. The fourth-order valence-electron chi connectivity index (χ4n) is 3.00. The zero-order valence-electron chi connectivity index (χ0n) is 16.1. The molecule has 3 aromatic rings. The second kappa shape index (κ2) is 11.0. The Morgan fingerprint density at radius 2 is 1.83 bits per heavy atom. The molecule has 4 N–H and O–H groups in total. The van der Waals surface area contributed by atoms with Gasteiger partial charge in [0.2, 0.25) is 0 Å². The van der Waals surface area contributed by atoms with Crippen molar-refractivity contribution in [2.24, 2.45) is 0 Å². The van der Waals surface area contributed by atoms with E-state index in [-0.39, 0.29) is 13.2 Å². The minimum absolute atomic E-state index is 0.0907. The van der Waals surface area contributed by atoms with Crippen molar-refractivity contribution in [3.05, 3.63) is 47.3 Å². The number of hydrogen-bond donors (Lipinski definition) is 4. The summed E-state index contributed by atoms with van der Waals surface area (Å²) in [6.45, 7) is 2.84. The Hall–Kier alpha value is -2.33. The Morgan fingerprint density at radius 3 is 2.59 bits per heavy atom. The van der Waals surface area contributed by atoms with Gasteiger partial charge in [0.05, 0.1) is 24.9 Å². The molecule has 0 aliphatic heterocycles. The average Bonchev–Trinajstić information content (AvgIpc) is 2.72. The van der Waals surface area contributed by atoms with Crippen LogP contribution in [0.3, 0.4) is 0 Å². The molecule has 0 atom stereocenters. The van der Waals surface area contributed by atoms with E-state index in [2.05, 4.69) is 41.5 Å². The molecule has 0 fully saturated rings. The number of aliphatic hydroxyl groups is 2.